The number of nitro benzene ring substituents is 1. The molecule has 1 heterocycles. The van der Waals surface area contributed by atoms with Crippen LogP contribution in [0.1, 0.15) is 12.8 Å². The second-order valence-corrected chi connectivity index (χ2v) is 5.00. The summed E-state index contributed by atoms with van der Waals surface area (Å²) in [5.41, 5.74) is -0.603. The van der Waals surface area contributed by atoms with Crippen molar-refractivity contribution in [3.05, 3.63) is 33.9 Å². The summed E-state index contributed by atoms with van der Waals surface area (Å²) in [5, 5.41) is 14.1. The van der Waals surface area contributed by atoms with E-state index >= 15 is 0 Å². The minimum Gasteiger partial charge on any atom is -0.366 e. The Morgan fingerprint density at radius 1 is 1.40 bits per heavy atom. The van der Waals surface area contributed by atoms with Gasteiger partial charge in [0.1, 0.15) is 11.5 Å². The van der Waals surface area contributed by atoms with Gasteiger partial charge in [0.2, 0.25) is 5.82 Å². The molecule has 1 N–H and O–H groups in total. The fraction of sp³-hybridized carbons (Fsp3) is 0.538. The van der Waals surface area contributed by atoms with Crippen molar-refractivity contribution < 1.29 is 13.7 Å². The van der Waals surface area contributed by atoms with E-state index in [9.17, 15) is 18.9 Å². The zero-order chi connectivity index (χ0) is 14.7. The number of benzene rings is 1. The summed E-state index contributed by atoms with van der Waals surface area (Å²) in [5.74, 6) is -1.42. The Morgan fingerprint density at radius 3 is 2.60 bits per heavy atom. The van der Waals surface area contributed by atoms with E-state index in [4.69, 9.17) is 0 Å². The van der Waals surface area contributed by atoms with Gasteiger partial charge >= 0.3 is 5.69 Å². The summed E-state index contributed by atoms with van der Waals surface area (Å²) in [6, 6.07) is 1.59. The van der Waals surface area contributed by atoms with Crippen molar-refractivity contribution in [1.29, 1.82) is 0 Å². The van der Waals surface area contributed by atoms with E-state index in [1.54, 1.807) is 4.90 Å². The van der Waals surface area contributed by atoms with E-state index in [-0.39, 0.29) is 5.69 Å². The molecule has 0 saturated carbocycles. The number of halogens is 2. The van der Waals surface area contributed by atoms with Crippen LogP contribution in [0.15, 0.2) is 12.1 Å². The summed E-state index contributed by atoms with van der Waals surface area (Å²) < 4.78 is 26.9. The van der Waals surface area contributed by atoms with E-state index in [0.717, 1.165) is 25.5 Å². The zero-order valence-electron chi connectivity index (χ0n) is 11.2. The normalized spacial score (nSPS) is 16.4. The molecular weight excluding hydrogens is 268 g/mol. The molecule has 0 atom stereocenters. The molecule has 1 fully saturated rings. The Hall–Kier alpha value is -1.76. The molecule has 0 amide bonds. The smallest absolute Gasteiger partial charge is 0.328 e. The number of anilines is 1. The standard InChI is InChI=1S/C13H17F2N3O2/c1-16-8-9-2-4-17(5-3-9)12-7-10(14)6-11(15)13(12)18(19)20/h6-7,9,16H,2-5,8H2,1H3. The maximum Gasteiger partial charge on any atom is 0.328 e. The molecule has 0 radical (unpaired) electrons. The SMILES string of the molecule is CNCC1CCN(c2cc(F)cc(F)c2[N+](=O)[O-])CC1. The van der Waals surface area contributed by atoms with E-state index in [2.05, 4.69) is 5.32 Å². The minimum absolute atomic E-state index is 0.0374. The second kappa shape index (κ2) is 6.13. The van der Waals surface area contributed by atoms with Crippen LogP contribution >= 0.6 is 0 Å². The van der Waals surface area contributed by atoms with Crippen molar-refractivity contribution in [1.82, 2.24) is 5.32 Å². The molecule has 0 aliphatic carbocycles. The number of nitrogens with zero attached hydrogens (tertiary/aromatic N) is 2. The number of nitro groups is 1. The van der Waals surface area contributed by atoms with Crippen molar-refractivity contribution in [2.45, 2.75) is 12.8 Å². The molecule has 0 unspecified atom stereocenters. The first kappa shape index (κ1) is 14.6. The van der Waals surface area contributed by atoms with Gasteiger partial charge in [0.25, 0.3) is 0 Å². The fourth-order valence-electron chi connectivity index (χ4n) is 2.64. The number of hydrogen-bond donors (Lipinski definition) is 1. The fourth-order valence-corrected chi connectivity index (χ4v) is 2.64. The molecule has 110 valence electrons. The third-order valence-electron chi connectivity index (χ3n) is 3.64. The van der Waals surface area contributed by atoms with E-state index < -0.39 is 22.2 Å². The quantitative estimate of drug-likeness (QED) is 0.681. The largest absolute Gasteiger partial charge is 0.366 e. The maximum atomic E-state index is 13.6. The molecule has 1 aromatic rings. The molecule has 1 aliphatic rings. The van der Waals surface area contributed by atoms with Gasteiger partial charge < -0.3 is 10.2 Å². The van der Waals surface area contributed by atoms with Gasteiger partial charge in [-0.3, -0.25) is 10.1 Å². The highest BCUT2D eigenvalue weighted by atomic mass is 19.1. The predicted octanol–water partition coefficient (Wildman–Crippen LogP) is 2.31. The van der Waals surface area contributed by atoms with Gasteiger partial charge in [-0.2, -0.15) is 4.39 Å². The second-order valence-electron chi connectivity index (χ2n) is 5.00. The van der Waals surface area contributed by atoms with Gasteiger partial charge in [-0.15, -0.1) is 0 Å². The lowest BCUT2D eigenvalue weighted by atomic mass is 9.96. The first-order chi connectivity index (χ1) is 9.52. The van der Waals surface area contributed by atoms with Crippen LogP contribution in [0.4, 0.5) is 20.2 Å². The predicted molar refractivity (Wildman–Crippen MR) is 71.9 cm³/mol. The van der Waals surface area contributed by atoms with Gasteiger partial charge in [0.15, 0.2) is 0 Å². The Morgan fingerprint density at radius 2 is 2.05 bits per heavy atom. The first-order valence-corrected chi connectivity index (χ1v) is 6.56. The van der Waals surface area contributed by atoms with Crippen molar-refractivity contribution in [2.75, 3.05) is 31.6 Å². The van der Waals surface area contributed by atoms with E-state index in [0.29, 0.717) is 25.1 Å². The summed E-state index contributed by atoms with van der Waals surface area (Å²) in [6.45, 7) is 2.01. The summed E-state index contributed by atoms with van der Waals surface area (Å²) in [4.78, 5) is 11.9. The highest BCUT2D eigenvalue weighted by Gasteiger charge is 2.28. The number of nitrogens with one attached hydrogen (secondary N) is 1. The van der Waals surface area contributed by atoms with E-state index in [1.165, 1.54) is 0 Å². The molecule has 2 rings (SSSR count). The number of hydrogen-bond acceptors (Lipinski definition) is 4. The Kier molecular flexibility index (Phi) is 4.49. The van der Waals surface area contributed by atoms with Gasteiger partial charge in [-0.1, -0.05) is 0 Å². The third-order valence-corrected chi connectivity index (χ3v) is 3.64. The maximum absolute atomic E-state index is 13.6. The molecule has 0 bridgehead atoms. The highest BCUT2D eigenvalue weighted by Crippen LogP contribution is 2.34. The monoisotopic (exact) mass is 285 g/mol. The Bertz CT molecular complexity index is 503. The molecule has 7 heteroatoms. The van der Waals surface area contributed by atoms with Crippen LogP contribution < -0.4 is 10.2 Å². The lowest BCUT2D eigenvalue weighted by Gasteiger charge is -2.33. The Labute approximate surface area is 115 Å². The van der Waals surface area contributed by atoms with Crippen LogP contribution in [0, 0.1) is 27.7 Å². The molecule has 20 heavy (non-hydrogen) atoms. The van der Waals surface area contributed by atoms with Crippen LogP contribution in [-0.4, -0.2) is 31.6 Å². The van der Waals surface area contributed by atoms with Crippen molar-refractivity contribution in [3.63, 3.8) is 0 Å². The van der Waals surface area contributed by atoms with Crippen LogP contribution in [0.2, 0.25) is 0 Å². The molecule has 0 spiro atoms. The average Bonchev–Trinajstić information content (AvgIpc) is 2.38. The van der Waals surface area contributed by atoms with Gasteiger partial charge in [-0.25, -0.2) is 4.39 Å². The molecule has 5 nitrogen and oxygen atoms in total. The first-order valence-electron chi connectivity index (χ1n) is 6.56. The molecular formula is C13H17F2N3O2. The van der Waals surface area contributed by atoms with Gasteiger partial charge in [-0.05, 0) is 32.4 Å². The highest BCUT2D eigenvalue weighted by molar-refractivity contribution is 5.64. The molecule has 1 aromatic carbocycles. The molecule has 1 aliphatic heterocycles. The van der Waals surface area contributed by atoms with Crippen LogP contribution in [0.5, 0.6) is 0 Å². The van der Waals surface area contributed by atoms with Crippen molar-refractivity contribution >= 4 is 11.4 Å². The summed E-state index contributed by atoms with van der Waals surface area (Å²) in [6.07, 6.45) is 1.69. The lowest BCUT2D eigenvalue weighted by Crippen LogP contribution is -2.37. The van der Waals surface area contributed by atoms with Crippen LogP contribution in [-0.2, 0) is 0 Å². The summed E-state index contributed by atoms with van der Waals surface area (Å²) in [7, 11) is 1.87. The van der Waals surface area contributed by atoms with Crippen molar-refractivity contribution in [2.24, 2.45) is 5.92 Å². The number of piperidine rings is 1. The Balaban J connectivity index is 2.23. The third kappa shape index (κ3) is 3.04. The summed E-state index contributed by atoms with van der Waals surface area (Å²) >= 11 is 0. The topological polar surface area (TPSA) is 58.4 Å². The zero-order valence-corrected chi connectivity index (χ0v) is 11.2. The van der Waals surface area contributed by atoms with Crippen molar-refractivity contribution in [3.8, 4) is 0 Å². The average molecular weight is 285 g/mol. The van der Waals surface area contributed by atoms with E-state index in [1.807, 2.05) is 7.05 Å². The minimum atomic E-state index is -1.12. The van der Waals surface area contributed by atoms with Gasteiger partial charge in [0, 0.05) is 25.2 Å². The molecule has 0 aromatic heterocycles. The number of rotatable bonds is 4. The van der Waals surface area contributed by atoms with Crippen LogP contribution in [0.3, 0.4) is 0 Å². The lowest BCUT2D eigenvalue weighted by molar-refractivity contribution is -0.386. The van der Waals surface area contributed by atoms with Crippen LogP contribution in [0.25, 0.3) is 0 Å². The molecule has 1 saturated heterocycles. The van der Waals surface area contributed by atoms with Gasteiger partial charge in [0.05, 0.1) is 4.92 Å².